The van der Waals surface area contributed by atoms with E-state index >= 15 is 0 Å². The third-order valence-corrected chi connectivity index (χ3v) is 1.83. The van der Waals surface area contributed by atoms with Crippen molar-refractivity contribution in [2.45, 2.75) is 13.8 Å². The maximum atomic E-state index is 4.22. The van der Waals surface area contributed by atoms with Crippen LogP contribution in [-0.2, 0) is 0 Å². The standard InChI is InChI=1S/C8H9N3/c1-6-3-10-7(2)8-4-9-5-11(6)8/h3-5H,1-2H3. The van der Waals surface area contributed by atoms with Crippen molar-refractivity contribution in [1.82, 2.24) is 14.4 Å². The van der Waals surface area contributed by atoms with E-state index in [4.69, 9.17) is 0 Å². The number of hydrogen-bond donors (Lipinski definition) is 0. The fraction of sp³-hybridized carbons (Fsp3) is 0.250. The Labute approximate surface area is 64.7 Å². The van der Waals surface area contributed by atoms with E-state index in [-0.39, 0.29) is 0 Å². The Balaban J connectivity index is 2.96. The number of nitrogens with zero attached hydrogens (tertiary/aromatic N) is 3. The number of aryl methyl sites for hydroxylation is 2. The summed E-state index contributed by atoms with van der Waals surface area (Å²) in [5.41, 5.74) is 3.22. The number of rotatable bonds is 0. The Morgan fingerprint density at radius 3 is 2.82 bits per heavy atom. The summed E-state index contributed by atoms with van der Waals surface area (Å²) in [6, 6.07) is 0. The van der Waals surface area contributed by atoms with Gasteiger partial charge in [0.1, 0.15) is 0 Å². The van der Waals surface area contributed by atoms with Crippen LogP contribution in [0.15, 0.2) is 18.7 Å². The molecule has 56 valence electrons. The second-order valence-electron chi connectivity index (χ2n) is 2.63. The first kappa shape index (κ1) is 6.34. The minimum absolute atomic E-state index is 1.02. The summed E-state index contributed by atoms with van der Waals surface area (Å²) in [5, 5.41) is 0. The average Bonchev–Trinajstić information content (AvgIpc) is 2.45. The molecule has 0 fully saturated rings. The summed E-state index contributed by atoms with van der Waals surface area (Å²) in [7, 11) is 0. The average molecular weight is 147 g/mol. The lowest BCUT2D eigenvalue weighted by Crippen LogP contribution is -1.93. The Kier molecular flexibility index (Phi) is 1.18. The lowest BCUT2D eigenvalue weighted by atomic mass is 10.4. The number of imidazole rings is 1. The van der Waals surface area contributed by atoms with Crippen LogP contribution < -0.4 is 0 Å². The molecular formula is C8H9N3. The minimum atomic E-state index is 1.02. The number of hydrogen-bond acceptors (Lipinski definition) is 2. The molecule has 0 aliphatic rings. The van der Waals surface area contributed by atoms with Gasteiger partial charge in [-0.1, -0.05) is 0 Å². The summed E-state index contributed by atoms with van der Waals surface area (Å²) >= 11 is 0. The molecule has 2 rings (SSSR count). The van der Waals surface area contributed by atoms with Crippen LogP contribution in [0, 0.1) is 13.8 Å². The normalized spacial score (nSPS) is 10.7. The molecule has 0 aliphatic carbocycles. The summed E-state index contributed by atoms with van der Waals surface area (Å²) in [6.45, 7) is 4.00. The number of fused-ring (bicyclic) bond motifs is 1. The molecule has 0 N–H and O–H groups in total. The smallest absolute Gasteiger partial charge is 0.0995 e. The largest absolute Gasteiger partial charge is 0.300 e. The SMILES string of the molecule is Cc1ncc(C)n2cncc12. The van der Waals surface area contributed by atoms with Crippen molar-refractivity contribution in [2.24, 2.45) is 0 Å². The van der Waals surface area contributed by atoms with E-state index in [0.717, 1.165) is 16.9 Å². The monoisotopic (exact) mass is 147 g/mol. The van der Waals surface area contributed by atoms with Gasteiger partial charge in [-0.3, -0.25) is 4.98 Å². The van der Waals surface area contributed by atoms with Gasteiger partial charge < -0.3 is 4.40 Å². The zero-order chi connectivity index (χ0) is 7.84. The van der Waals surface area contributed by atoms with Crippen LogP contribution in [0.3, 0.4) is 0 Å². The van der Waals surface area contributed by atoms with Crippen molar-refractivity contribution in [1.29, 1.82) is 0 Å². The second-order valence-corrected chi connectivity index (χ2v) is 2.63. The van der Waals surface area contributed by atoms with E-state index in [1.54, 1.807) is 6.33 Å². The lowest BCUT2D eigenvalue weighted by molar-refractivity contribution is 1.01. The molecule has 0 saturated carbocycles. The maximum absolute atomic E-state index is 4.22. The van der Waals surface area contributed by atoms with Crippen molar-refractivity contribution in [2.75, 3.05) is 0 Å². The van der Waals surface area contributed by atoms with Crippen LogP contribution in [0.5, 0.6) is 0 Å². The first-order valence-corrected chi connectivity index (χ1v) is 3.53. The zero-order valence-corrected chi connectivity index (χ0v) is 6.57. The van der Waals surface area contributed by atoms with Gasteiger partial charge in [0.2, 0.25) is 0 Å². The Morgan fingerprint density at radius 1 is 1.27 bits per heavy atom. The Bertz CT molecular complexity index is 353. The van der Waals surface area contributed by atoms with Crippen molar-refractivity contribution < 1.29 is 0 Å². The van der Waals surface area contributed by atoms with Gasteiger partial charge in [-0.15, -0.1) is 0 Å². The minimum Gasteiger partial charge on any atom is -0.300 e. The van der Waals surface area contributed by atoms with Crippen molar-refractivity contribution in [3.8, 4) is 0 Å². The highest BCUT2D eigenvalue weighted by atomic mass is 15.0. The van der Waals surface area contributed by atoms with Crippen molar-refractivity contribution in [3.63, 3.8) is 0 Å². The molecular weight excluding hydrogens is 138 g/mol. The highest BCUT2D eigenvalue weighted by Gasteiger charge is 1.99. The van der Waals surface area contributed by atoms with Crippen LogP contribution in [0.25, 0.3) is 5.52 Å². The lowest BCUT2D eigenvalue weighted by Gasteiger charge is -1.99. The molecule has 2 heterocycles. The molecule has 0 saturated heterocycles. The Morgan fingerprint density at radius 2 is 2.09 bits per heavy atom. The summed E-state index contributed by atoms with van der Waals surface area (Å²) in [6.07, 6.45) is 5.48. The van der Waals surface area contributed by atoms with Gasteiger partial charge in [0.05, 0.1) is 23.7 Å². The van der Waals surface area contributed by atoms with E-state index in [1.807, 2.05) is 30.6 Å². The molecule has 0 spiro atoms. The summed E-state index contributed by atoms with van der Waals surface area (Å²) < 4.78 is 2.03. The van der Waals surface area contributed by atoms with Gasteiger partial charge >= 0.3 is 0 Å². The van der Waals surface area contributed by atoms with Gasteiger partial charge in [-0.25, -0.2) is 4.98 Å². The van der Waals surface area contributed by atoms with Crippen LogP contribution in [0.2, 0.25) is 0 Å². The predicted octanol–water partition coefficient (Wildman–Crippen LogP) is 1.35. The van der Waals surface area contributed by atoms with Crippen molar-refractivity contribution >= 4 is 5.52 Å². The highest BCUT2D eigenvalue weighted by molar-refractivity contribution is 5.49. The molecule has 2 aromatic heterocycles. The first-order chi connectivity index (χ1) is 5.29. The topological polar surface area (TPSA) is 30.2 Å². The van der Waals surface area contributed by atoms with Gasteiger partial charge in [0.15, 0.2) is 0 Å². The highest BCUT2D eigenvalue weighted by Crippen LogP contribution is 2.07. The molecule has 0 amide bonds. The van der Waals surface area contributed by atoms with Gasteiger partial charge in [0, 0.05) is 11.9 Å². The maximum Gasteiger partial charge on any atom is 0.0995 e. The number of aromatic nitrogens is 3. The van der Waals surface area contributed by atoms with E-state index in [0.29, 0.717) is 0 Å². The predicted molar refractivity (Wildman–Crippen MR) is 42.5 cm³/mol. The fourth-order valence-electron chi connectivity index (χ4n) is 1.16. The van der Waals surface area contributed by atoms with Crippen LogP contribution in [0.4, 0.5) is 0 Å². The quantitative estimate of drug-likeness (QED) is 0.563. The van der Waals surface area contributed by atoms with Gasteiger partial charge in [-0.05, 0) is 13.8 Å². The third kappa shape index (κ3) is 0.808. The summed E-state index contributed by atoms with van der Waals surface area (Å²) in [4.78, 5) is 8.26. The van der Waals surface area contributed by atoms with Crippen LogP contribution in [0.1, 0.15) is 11.4 Å². The third-order valence-electron chi connectivity index (χ3n) is 1.83. The Hall–Kier alpha value is -1.38. The molecule has 0 radical (unpaired) electrons. The van der Waals surface area contributed by atoms with Gasteiger partial charge in [-0.2, -0.15) is 0 Å². The molecule has 0 unspecified atom stereocenters. The van der Waals surface area contributed by atoms with Crippen molar-refractivity contribution in [3.05, 3.63) is 30.1 Å². The van der Waals surface area contributed by atoms with E-state index in [1.165, 1.54) is 0 Å². The molecule has 0 atom stereocenters. The van der Waals surface area contributed by atoms with Crippen LogP contribution >= 0.6 is 0 Å². The van der Waals surface area contributed by atoms with E-state index in [9.17, 15) is 0 Å². The molecule has 3 heteroatoms. The summed E-state index contributed by atoms with van der Waals surface area (Å²) in [5.74, 6) is 0. The zero-order valence-electron chi connectivity index (χ0n) is 6.57. The van der Waals surface area contributed by atoms with E-state index < -0.39 is 0 Å². The molecule has 0 aliphatic heterocycles. The van der Waals surface area contributed by atoms with Crippen LogP contribution in [-0.4, -0.2) is 14.4 Å². The second kappa shape index (κ2) is 2.05. The molecule has 2 aromatic rings. The molecule has 0 aromatic carbocycles. The molecule has 11 heavy (non-hydrogen) atoms. The fourth-order valence-corrected chi connectivity index (χ4v) is 1.16. The molecule has 3 nitrogen and oxygen atoms in total. The molecule has 0 bridgehead atoms. The first-order valence-electron chi connectivity index (χ1n) is 3.53. The van der Waals surface area contributed by atoms with E-state index in [2.05, 4.69) is 9.97 Å². The van der Waals surface area contributed by atoms with Gasteiger partial charge in [0.25, 0.3) is 0 Å².